The number of unbranched alkanes of at least 4 members (excludes halogenated alkanes) is 1. The summed E-state index contributed by atoms with van der Waals surface area (Å²) in [7, 11) is 0. The molecule has 0 aliphatic rings. The second-order valence-corrected chi connectivity index (χ2v) is 6.83. The summed E-state index contributed by atoms with van der Waals surface area (Å²) in [6.07, 6.45) is 3.21. The summed E-state index contributed by atoms with van der Waals surface area (Å²) in [5.74, 6) is 0.00222. The average molecular weight is 345 g/mol. The molecular weight excluding hydrogens is 328 g/mol. The van der Waals surface area contributed by atoms with Crippen LogP contribution in [0.1, 0.15) is 24.3 Å². The maximum atomic E-state index is 11.9. The second-order valence-electron chi connectivity index (χ2n) is 5.31. The van der Waals surface area contributed by atoms with Crippen LogP contribution in [0.4, 0.5) is 5.69 Å². The zero-order chi connectivity index (χ0) is 16.1. The topological polar surface area (TPSA) is 42.0 Å². The third-order valence-electron chi connectivity index (χ3n) is 3.53. The van der Waals surface area contributed by atoms with Crippen LogP contribution in [0.5, 0.6) is 0 Å². The summed E-state index contributed by atoms with van der Waals surface area (Å²) >= 11 is 7.76. The Hall–Kier alpha value is -1.91. The van der Waals surface area contributed by atoms with E-state index < -0.39 is 0 Å². The van der Waals surface area contributed by atoms with Gasteiger partial charge >= 0.3 is 0 Å². The van der Waals surface area contributed by atoms with Gasteiger partial charge in [-0.15, -0.1) is 11.3 Å². The van der Waals surface area contributed by atoms with Crippen molar-refractivity contribution in [3.8, 4) is 0 Å². The molecule has 0 fully saturated rings. The van der Waals surface area contributed by atoms with E-state index in [1.54, 1.807) is 23.5 Å². The van der Waals surface area contributed by atoms with Gasteiger partial charge in [0.15, 0.2) is 0 Å². The first-order valence-electron chi connectivity index (χ1n) is 7.61. The quantitative estimate of drug-likeness (QED) is 0.616. The molecule has 23 heavy (non-hydrogen) atoms. The molecule has 3 aromatic rings. The van der Waals surface area contributed by atoms with Gasteiger partial charge in [-0.25, -0.2) is 4.98 Å². The van der Waals surface area contributed by atoms with Gasteiger partial charge in [0, 0.05) is 6.42 Å². The van der Waals surface area contributed by atoms with Crippen LogP contribution in [0.3, 0.4) is 0 Å². The molecule has 2 aromatic carbocycles. The van der Waals surface area contributed by atoms with Crippen molar-refractivity contribution in [2.45, 2.75) is 25.7 Å². The Labute approximate surface area is 144 Å². The molecular formula is C18H17ClN2OS. The number of amides is 1. The number of nitrogens with one attached hydrogen (secondary N) is 1. The highest BCUT2D eigenvalue weighted by atomic mass is 35.5. The summed E-state index contributed by atoms with van der Waals surface area (Å²) in [6.45, 7) is 0. The van der Waals surface area contributed by atoms with Crippen molar-refractivity contribution >= 4 is 44.7 Å². The molecule has 0 saturated carbocycles. The Bertz CT molecular complexity index is 782. The van der Waals surface area contributed by atoms with Gasteiger partial charge < -0.3 is 5.32 Å². The van der Waals surface area contributed by atoms with Gasteiger partial charge in [0.2, 0.25) is 5.91 Å². The molecule has 5 heteroatoms. The average Bonchev–Trinajstić information content (AvgIpc) is 2.96. The predicted molar refractivity (Wildman–Crippen MR) is 97.3 cm³/mol. The molecule has 1 amide bonds. The zero-order valence-corrected chi connectivity index (χ0v) is 14.2. The van der Waals surface area contributed by atoms with Gasteiger partial charge in [0.1, 0.15) is 0 Å². The summed E-state index contributed by atoms with van der Waals surface area (Å²) in [5.41, 5.74) is 1.73. The minimum absolute atomic E-state index is 0.00222. The van der Waals surface area contributed by atoms with E-state index in [0.29, 0.717) is 17.1 Å². The van der Waals surface area contributed by atoms with Gasteiger partial charge in [-0.2, -0.15) is 0 Å². The van der Waals surface area contributed by atoms with Gasteiger partial charge in [-0.05, 0) is 43.5 Å². The van der Waals surface area contributed by atoms with Crippen molar-refractivity contribution in [2.75, 3.05) is 5.32 Å². The normalized spacial score (nSPS) is 10.8. The van der Waals surface area contributed by atoms with Crippen LogP contribution in [-0.2, 0) is 11.2 Å². The monoisotopic (exact) mass is 344 g/mol. The van der Waals surface area contributed by atoms with Gasteiger partial charge in [0.05, 0.1) is 25.9 Å². The number of benzene rings is 2. The SMILES string of the molecule is O=C(CCCCc1nc2ccccc2s1)Nc1ccccc1Cl. The van der Waals surface area contributed by atoms with Crippen LogP contribution < -0.4 is 5.32 Å². The molecule has 3 nitrogen and oxygen atoms in total. The Balaban J connectivity index is 1.44. The molecule has 1 aromatic heterocycles. The summed E-state index contributed by atoms with van der Waals surface area (Å²) < 4.78 is 1.22. The van der Waals surface area contributed by atoms with E-state index in [-0.39, 0.29) is 5.91 Å². The molecule has 0 aliphatic carbocycles. The predicted octanol–water partition coefficient (Wildman–Crippen LogP) is 5.30. The van der Waals surface area contributed by atoms with Gasteiger partial charge in [-0.3, -0.25) is 4.79 Å². The van der Waals surface area contributed by atoms with Gasteiger partial charge in [0.25, 0.3) is 0 Å². The van der Waals surface area contributed by atoms with Crippen LogP contribution in [-0.4, -0.2) is 10.9 Å². The third kappa shape index (κ3) is 4.30. The number of nitrogens with zero attached hydrogens (tertiary/aromatic N) is 1. The first-order valence-corrected chi connectivity index (χ1v) is 8.80. The highest BCUT2D eigenvalue weighted by molar-refractivity contribution is 7.18. The molecule has 0 saturated heterocycles. The number of hydrogen-bond donors (Lipinski definition) is 1. The van der Waals surface area contributed by atoms with Crippen molar-refractivity contribution in [1.82, 2.24) is 4.98 Å². The van der Waals surface area contributed by atoms with E-state index in [1.807, 2.05) is 30.3 Å². The molecule has 0 atom stereocenters. The summed E-state index contributed by atoms with van der Waals surface area (Å²) in [5, 5.41) is 4.55. The molecule has 1 heterocycles. The van der Waals surface area contributed by atoms with Crippen LogP contribution in [0.2, 0.25) is 5.02 Å². The standard InChI is InChI=1S/C18H17ClN2OS/c19-13-7-1-2-8-14(13)20-17(22)11-5-6-12-18-21-15-9-3-4-10-16(15)23-18/h1-4,7-10H,5-6,11-12H2,(H,20,22). The number of rotatable bonds is 6. The Morgan fingerprint density at radius 2 is 1.87 bits per heavy atom. The number of para-hydroxylation sites is 2. The van der Waals surface area contributed by atoms with E-state index >= 15 is 0 Å². The van der Waals surface area contributed by atoms with Crippen molar-refractivity contribution in [1.29, 1.82) is 0 Å². The van der Waals surface area contributed by atoms with E-state index in [0.717, 1.165) is 29.8 Å². The van der Waals surface area contributed by atoms with Crippen LogP contribution >= 0.6 is 22.9 Å². The fraction of sp³-hybridized carbons (Fsp3) is 0.222. The number of anilines is 1. The highest BCUT2D eigenvalue weighted by Crippen LogP contribution is 2.23. The van der Waals surface area contributed by atoms with Crippen molar-refractivity contribution in [3.63, 3.8) is 0 Å². The van der Waals surface area contributed by atoms with Crippen LogP contribution in [0.15, 0.2) is 48.5 Å². The molecule has 0 bridgehead atoms. The number of thiazole rings is 1. The second kappa shape index (κ2) is 7.57. The lowest BCUT2D eigenvalue weighted by Crippen LogP contribution is -2.11. The summed E-state index contributed by atoms with van der Waals surface area (Å²) in [4.78, 5) is 16.5. The van der Waals surface area contributed by atoms with Crippen LogP contribution in [0.25, 0.3) is 10.2 Å². The molecule has 0 spiro atoms. The number of halogens is 1. The fourth-order valence-corrected chi connectivity index (χ4v) is 3.56. The fourth-order valence-electron chi connectivity index (χ4n) is 2.36. The Morgan fingerprint density at radius 1 is 1.09 bits per heavy atom. The third-order valence-corrected chi connectivity index (χ3v) is 4.96. The molecule has 0 unspecified atom stereocenters. The molecule has 0 radical (unpaired) electrons. The number of carbonyl (C=O) groups is 1. The molecule has 118 valence electrons. The van der Waals surface area contributed by atoms with Crippen molar-refractivity contribution in [2.24, 2.45) is 0 Å². The zero-order valence-electron chi connectivity index (χ0n) is 12.6. The van der Waals surface area contributed by atoms with E-state index in [1.165, 1.54) is 4.70 Å². The van der Waals surface area contributed by atoms with Gasteiger partial charge in [-0.1, -0.05) is 35.9 Å². The number of hydrogen-bond acceptors (Lipinski definition) is 3. The number of aryl methyl sites for hydroxylation is 1. The number of aromatic nitrogens is 1. The summed E-state index contributed by atoms with van der Waals surface area (Å²) in [6, 6.07) is 15.4. The molecule has 1 N–H and O–H groups in total. The minimum atomic E-state index is 0.00222. The lowest BCUT2D eigenvalue weighted by atomic mass is 10.2. The first kappa shape index (κ1) is 16.0. The largest absolute Gasteiger partial charge is 0.325 e. The Morgan fingerprint density at radius 3 is 2.70 bits per heavy atom. The first-order chi connectivity index (χ1) is 11.2. The number of carbonyl (C=O) groups excluding carboxylic acids is 1. The lowest BCUT2D eigenvalue weighted by Gasteiger charge is -2.06. The maximum absolute atomic E-state index is 11.9. The minimum Gasteiger partial charge on any atom is -0.325 e. The number of fused-ring (bicyclic) bond motifs is 1. The van der Waals surface area contributed by atoms with Crippen molar-refractivity contribution < 1.29 is 4.79 Å². The van der Waals surface area contributed by atoms with Crippen LogP contribution in [0, 0.1) is 0 Å². The van der Waals surface area contributed by atoms with Crippen molar-refractivity contribution in [3.05, 3.63) is 58.6 Å². The highest BCUT2D eigenvalue weighted by Gasteiger charge is 2.06. The van der Waals surface area contributed by atoms with E-state index in [4.69, 9.17) is 11.6 Å². The smallest absolute Gasteiger partial charge is 0.224 e. The molecule has 3 rings (SSSR count). The van der Waals surface area contributed by atoms with E-state index in [9.17, 15) is 4.79 Å². The van der Waals surface area contributed by atoms with E-state index in [2.05, 4.69) is 16.4 Å². The maximum Gasteiger partial charge on any atom is 0.224 e. The molecule has 0 aliphatic heterocycles. The lowest BCUT2D eigenvalue weighted by molar-refractivity contribution is -0.116. The Kier molecular flexibility index (Phi) is 5.26.